The predicted molar refractivity (Wildman–Crippen MR) is 67.4 cm³/mol. The second-order valence-electron chi connectivity index (χ2n) is 3.92. The highest BCUT2D eigenvalue weighted by Crippen LogP contribution is 2.13. The van der Waals surface area contributed by atoms with E-state index in [4.69, 9.17) is 10.5 Å². The Hall–Kier alpha value is -1.60. The third-order valence-electron chi connectivity index (χ3n) is 2.28. The second-order valence-corrected chi connectivity index (χ2v) is 6.01. The van der Waals surface area contributed by atoms with Gasteiger partial charge in [0.25, 0.3) is 5.91 Å². The zero-order valence-corrected chi connectivity index (χ0v) is 11.1. The van der Waals surface area contributed by atoms with Crippen molar-refractivity contribution in [2.75, 3.05) is 19.9 Å². The van der Waals surface area contributed by atoms with E-state index in [0.29, 0.717) is 5.75 Å². The van der Waals surface area contributed by atoms with Crippen LogP contribution in [0.25, 0.3) is 0 Å². The molecule has 0 saturated carbocycles. The Morgan fingerprint density at radius 3 is 2.33 bits per heavy atom. The number of hydrogen-bond acceptors (Lipinski definition) is 4. The van der Waals surface area contributed by atoms with Crippen molar-refractivity contribution in [3.63, 3.8) is 0 Å². The highest BCUT2D eigenvalue weighted by atomic mass is 32.2. The fraction of sp³-hybridized carbons (Fsp3) is 0.364. The number of ether oxygens (including phenoxy) is 1. The fourth-order valence-electron chi connectivity index (χ4n) is 1.22. The molecule has 0 unspecified atom stereocenters. The Balaban J connectivity index is 2.63. The molecule has 0 aliphatic rings. The summed E-state index contributed by atoms with van der Waals surface area (Å²) >= 11 is 0. The van der Waals surface area contributed by atoms with Crippen LogP contribution in [0.5, 0.6) is 5.75 Å². The summed E-state index contributed by atoms with van der Waals surface area (Å²) in [5.74, 6) is -0.0320. The van der Waals surface area contributed by atoms with Crippen LogP contribution in [-0.2, 0) is 21.4 Å². The van der Waals surface area contributed by atoms with Crippen LogP contribution in [0.3, 0.4) is 0 Å². The van der Waals surface area contributed by atoms with E-state index in [1.165, 1.54) is 11.4 Å². The summed E-state index contributed by atoms with van der Waals surface area (Å²) in [6.45, 7) is 0.109. The third-order valence-corrected chi connectivity index (χ3v) is 3.54. The van der Waals surface area contributed by atoms with E-state index in [1.807, 2.05) is 0 Å². The minimum atomic E-state index is -3.19. The number of carbonyl (C=O) groups is 1. The highest BCUT2D eigenvalue weighted by molar-refractivity contribution is 7.88. The molecule has 0 aliphatic carbocycles. The average molecular weight is 272 g/mol. The van der Waals surface area contributed by atoms with Gasteiger partial charge in [-0.3, -0.25) is 4.79 Å². The van der Waals surface area contributed by atoms with Crippen LogP contribution in [0.2, 0.25) is 0 Å². The number of benzene rings is 1. The molecule has 1 amide bonds. The van der Waals surface area contributed by atoms with E-state index in [1.54, 1.807) is 24.3 Å². The first-order chi connectivity index (χ1) is 8.29. The maximum absolute atomic E-state index is 11.2. The molecule has 1 rings (SSSR count). The number of nitrogens with zero attached hydrogens (tertiary/aromatic N) is 1. The van der Waals surface area contributed by atoms with Gasteiger partial charge in [-0.1, -0.05) is 12.1 Å². The molecule has 18 heavy (non-hydrogen) atoms. The van der Waals surface area contributed by atoms with E-state index in [2.05, 4.69) is 0 Å². The molecule has 6 nitrogen and oxygen atoms in total. The summed E-state index contributed by atoms with van der Waals surface area (Å²) in [7, 11) is -1.68. The number of rotatable bonds is 6. The molecule has 0 aromatic heterocycles. The molecule has 0 heterocycles. The Bertz CT molecular complexity index is 510. The Morgan fingerprint density at radius 1 is 1.33 bits per heavy atom. The number of sulfonamides is 1. The van der Waals surface area contributed by atoms with E-state index in [0.717, 1.165) is 11.8 Å². The lowest BCUT2D eigenvalue weighted by atomic mass is 10.2. The maximum Gasteiger partial charge on any atom is 0.255 e. The summed E-state index contributed by atoms with van der Waals surface area (Å²) in [6.07, 6.45) is 1.15. The van der Waals surface area contributed by atoms with Gasteiger partial charge in [-0.05, 0) is 17.7 Å². The monoisotopic (exact) mass is 272 g/mol. The lowest BCUT2D eigenvalue weighted by Gasteiger charge is -2.14. The van der Waals surface area contributed by atoms with Gasteiger partial charge in [-0.2, -0.15) is 0 Å². The first kappa shape index (κ1) is 14.5. The minimum absolute atomic E-state index is 0.178. The van der Waals surface area contributed by atoms with Crippen molar-refractivity contribution in [2.24, 2.45) is 5.73 Å². The number of nitrogens with two attached hydrogens (primary N) is 1. The first-order valence-electron chi connectivity index (χ1n) is 5.20. The van der Waals surface area contributed by atoms with Crippen LogP contribution < -0.4 is 10.5 Å². The molecule has 2 N–H and O–H groups in total. The van der Waals surface area contributed by atoms with Crippen molar-refractivity contribution in [2.45, 2.75) is 6.54 Å². The lowest BCUT2D eigenvalue weighted by Crippen LogP contribution is -2.24. The van der Waals surface area contributed by atoms with Gasteiger partial charge in [-0.25, -0.2) is 12.7 Å². The number of amides is 1. The van der Waals surface area contributed by atoms with E-state index in [-0.39, 0.29) is 13.2 Å². The highest BCUT2D eigenvalue weighted by Gasteiger charge is 2.11. The van der Waals surface area contributed by atoms with Crippen molar-refractivity contribution in [1.82, 2.24) is 4.31 Å². The Morgan fingerprint density at radius 2 is 1.89 bits per heavy atom. The van der Waals surface area contributed by atoms with Crippen LogP contribution in [0, 0.1) is 0 Å². The number of carbonyl (C=O) groups excluding carboxylic acids is 1. The van der Waals surface area contributed by atoms with Gasteiger partial charge in [0.2, 0.25) is 10.0 Å². The largest absolute Gasteiger partial charge is 0.484 e. The van der Waals surface area contributed by atoms with Crippen molar-refractivity contribution in [3.05, 3.63) is 29.8 Å². The molecular formula is C11H16N2O4S. The van der Waals surface area contributed by atoms with Crippen LogP contribution in [0.15, 0.2) is 24.3 Å². The third kappa shape index (κ3) is 4.72. The van der Waals surface area contributed by atoms with Crippen molar-refractivity contribution in [1.29, 1.82) is 0 Å². The molecule has 0 radical (unpaired) electrons. The molecule has 1 aromatic rings. The molecule has 0 atom stereocenters. The average Bonchev–Trinajstić information content (AvgIpc) is 2.26. The van der Waals surface area contributed by atoms with Crippen LogP contribution in [-0.4, -0.2) is 38.5 Å². The van der Waals surface area contributed by atoms with Gasteiger partial charge in [0.15, 0.2) is 6.61 Å². The first-order valence-corrected chi connectivity index (χ1v) is 7.05. The van der Waals surface area contributed by atoms with E-state index in [9.17, 15) is 13.2 Å². The normalized spacial score (nSPS) is 11.5. The van der Waals surface area contributed by atoms with Gasteiger partial charge < -0.3 is 10.5 Å². The van der Waals surface area contributed by atoms with Gasteiger partial charge >= 0.3 is 0 Å². The summed E-state index contributed by atoms with van der Waals surface area (Å²) in [6, 6.07) is 6.79. The molecule has 100 valence electrons. The molecule has 0 fully saturated rings. The second kappa shape index (κ2) is 5.83. The molecule has 0 aliphatic heterocycles. The van der Waals surface area contributed by atoms with Crippen LogP contribution in [0.1, 0.15) is 5.56 Å². The van der Waals surface area contributed by atoms with Crippen molar-refractivity contribution in [3.8, 4) is 5.75 Å². The number of hydrogen-bond donors (Lipinski definition) is 1. The van der Waals surface area contributed by atoms with Gasteiger partial charge in [-0.15, -0.1) is 0 Å². The SMILES string of the molecule is CN(Cc1ccc(OCC(N)=O)cc1)S(C)(=O)=O. The zero-order chi connectivity index (χ0) is 13.8. The topological polar surface area (TPSA) is 89.7 Å². The van der Waals surface area contributed by atoms with Crippen molar-refractivity contribution >= 4 is 15.9 Å². The van der Waals surface area contributed by atoms with E-state index < -0.39 is 15.9 Å². The van der Waals surface area contributed by atoms with Gasteiger partial charge in [0.1, 0.15) is 5.75 Å². The summed E-state index contributed by atoms with van der Waals surface area (Å²) in [4.78, 5) is 10.5. The molecule has 0 saturated heterocycles. The summed E-state index contributed by atoms with van der Waals surface area (Å²) in [5, 5.41) is 0. The molecule has 7 heteroatoms. The quantitative estimate of drug-likeness (QED) is 0.785. The van der Waals surface area contributed by atoms with Crippen molar-refractivity contribution < 1.29 is 17.9 Å². The van der Waals surface area contributed by atoms with Gasteiger partial charge in [0, 0.05) is 13.6 Å². The summed E-state index contributed by atoms with van der Waals surface area (Å²) in [5.41, 5.74) is 5.77. The van der Waals surface area contributed by atoms with Crippen LogP contribution in [0.4, 0.5) is 0 Å². The summed E-state index contributed by atoms with van der Waals surface area (Å²) < 4.78 is 28.8. The standard InChI is InChI=1S/C11H16N2O4S/c1-13(18(2,15)16)7-9-3-5-10(6-4-9)17-8-11(12)14/h3-6H,7-8H2,1-2H3,(H2,12,14). The number of primary amides is 1. The zero-order valence-electron chi connectivity index (χ0n) is 10.3. The molecule has 1 aromatic carbocycles. The fourth-order valence-corrected chi connectivity index (χ4v) is 1.60. The molecule has 0 spiro atoms. The van der Waals surface area contributed by atoms with Gasteiger partial charge in [0.05, 0.1) is 6.26 Å². The van der Waals surface area contributed by atoms with E-state index >= 15 is 0 Å². The lowest BCUT2D eigenvalue weighted by molar-refractivity contribution is -0.119. The Labute approximate surface area is 106 Å². The van der Waals surface area contributed by atoms with Crippen LogP contribution >= 0.6 is 0 Å². The predicted octanol–water partition coefficient (Wildman–Crippen LogP) is -0.0579. The molecular weight excluding hydrogens is 256 g/mol. The molecule has 0 bridgehead atoms. The smallest absolute Gasteiger partial charge is 0.255 e. The Kier molecular flexibility index (Phi) is 4.69. The minimum Gasteiger partial charge on any atom is -0.484 e. The maximum atomic E-state index is 11.2.